The van der Waals surface area contributed by atoms with Gasteiger partial charge in [-0.15, -0.1) is 0 Å². The van der Waals surface area contributed by atoms with Crippen molar-refractivity contribution in [2.45, 2.75) is 145 Å². The minimum atomic E-state index is 0. The van der Waals surface area contributed by atoms with Gasteiger partial charge in [0.05, 0.1) is 0 Å². The van der Waals surface area contributed by atoms with Gasteiger partial charge in [-0.05, 0) is 47.1 Å². The molecule has 4 atom stereocenters. The first kappa shape index (κ1) is 38.8. The van der Waals surface area contributed by atoms with E-state index in [0.29, 0.717) is 20.6 Å². The van der Waals surface area contributed by atoms with E-state index in [-0.39, 0.29) is 38.5 Å². The van der Waals surface area contributed by atoms with Crippen LogP contribution in [0.5, 0.6) is 0 Å². The van der Waals surface area contributed by atoms with Crippen LogP contribution in [0.15, 0.2) is 0 Å². The summed E-state index contributed by atoms with van der Waals surface area (Å²) in [5.74, 6) is 1.67. The molecule has 0 aliphatic carbocycles. The summed E-state index contributed by atoms with van der Waals surface area (Å²) >= 11 is 0. The summed E-state index contributed by atoms with van der Waals surface area (Å²) in [5, 5.41) is 1.93. The zero-order valence-corrected chi connectivity index (χ0v) is 30.2. The Balaban J connectivity index is -0.000000294. The second-order valence-corrected chi connectivity index (χ2v) is 29.2. The topological polar surface area (TPSA) is 0 Å². The smallest absolute Gasteiger partial charge is 0 e. The average Bonchev–Trinajstić information content (AvgIpc) is 2.26. The molecule has 0 aliphatic rings. The van der Waals surface area contributed by atoms with Crippen LogP contribution < -0.4 is 0 Å². The standard InChI is InChI=1S/C16H38P4.2C4H10.Sn/c1-13(2,3)17-19(15(7,8)9)20(16(10,11)12)18-14(4,5)6;2*1-4(2)3;/h17-18H,1-12H3;2*4H,1-3H3;. The van der Waals surface area contributed by atoms with Crippen LogP contribution in [0, 0.1) is 11.8 Å². The normalized spacial score (nSPS) is 15.7. The SMILES string of the molecule is CC(C)(C)PP(P(PC(C)(C)C)C(C)(C)C)C(C)(C)C.CC(C)C.CC(C)C.[Sn]. The van der Waals surface area contributed by atoms with E-state index in [1.165, 1.54) is 0 Å². The van der Waals surface area contributed by atoms with Gasteiger partial charge in [0.1, 0.15) is 0 Å². The Labute approximate surface area is 211 Å². The fraction of sp³-hybridized carbons (Fsp3) is 1.00. The van der Waals surface area contributed by atoms with Crippen LogP contribution in [-0.2, 0) is 0 Å². The van der Waals surface area contributed by atoms with Crippen molar-refractivity contribution < 1.29 is 0 Å². The molecule has 0 N–H and O–H groups in total. The zero-order valence-electron chi connectivity index (χ0n) is 23.5. The second kappa shape index (κ2) is 16.2. The number of hydrogen-bond acceptors (Lipinski definition) is 0. The Morgan fingerprint density at radius 2 is 0.586 bits per heavy atom. The largest absolute Gasteiger partial charge is 0.0851 e. The van der Waals surface area contributed by atoms with Crippen molar-refractivity contribution >= 4 is 55.0 Å². The maximum absolute atomic E-state index is 2.49. The predicted octanol–water partition coefficient (Wildman–Crippen LogP) is 11.2. The van der Waals surface area contributed by atoms with Gasteiger partial charge in [0.15, 0.2) is 0 Å². The predicted molar refractivity (Wildman–Crippen MR) is 156 cm³/mol. The number of hydrogen-bond donors (Lipinski definition) is 0. The Hall–Kier alpha value is 2.52. The van der Waals surface area contributed by atoms with E-state index >= 15 is 0 Å². The molecule has 0 bridgehead atoms. The summed E-state index contributed by atoms with van der Waals surface area (Å²) in [4.78, 5) is 0. The summed E-state index contributed by atoms with van der Waals surface area (Å²) in [6.07, 6.45) is 0. The van der Waals surface area contributed by atoms with E-state index < -0.39 is 0 Å². The fourth-order valence-electron chi connectivity index (χ4n) is 1.67. The van der Waals surface area contributed by atoms with Gasteiger partial charge < -0.3 is 0 Å². The van der Waals surface area contributed by atoms with Gasteiger partial charge in [-0.1, -0.05) is 141 Å². The third-order valence-corrected chi connectivity index (χ3v) is 28.4. The monoisotopic (exact) mass is 590 g/mol. The fourth-order valence-corrected chi connectivity index (χ4v) is 30.3. The molecule has 0 aromatic carbocycles. The molecule has 29 heavy (non-hydrogen) atoms. The molecule has 0 aliphatic heterocycles. The Morgan fingerprint density at radius 3 is 0.655 bits per heavy atom. The molecule has 178 valence electrons. The summed E-state index contributed by atoms with van der Waals surface area (Å²) in [7, 11) is 2.45. The van der Waals surface area contributed by atoms with Gasteiger partial charge in [0.25, 0.3) is 0 Å². The van der Waals surface area contributed by atoms with Crippen LogP contribution >= 0.6 is 31.1 Å². The quantitative estimate of drug-likeness (QED) is 0.227. The Morgan fingerprint density at radius 1 is 0.448 bits per heavy atom. The van der Waals surface area contributed by atoms with E-state index in [0.717, 1.165) is 28.4 Å². The molecule has 0 nitrogen and oxygen atoms in total. The maximum Gasteiger partial charge on any atom is 0 e. The van der Waals surface area contributed by atoms with Crippen LogP contribution in [0.25, 0.3) is 0 Å². The molecular weight excluding hydrogens is 531 g/mol. The summed E-state index contributed by atoms with van der Waals surface area (Å²) in [6, 6.07) is 0. The first-order valence-electron chi connectivity index (χ1n) is 11.1. The third kappa shape index (κ3) is 30.5. The molecule has 0 heterocycles. The Kier molecular flexibility index (Phi) is 21.7. The molecule has 4 radical (unpaired) electrons. The van der Waals surface area contributed by atoms with E-state index in [2.05, 4.69) is 125 Å². The summed E-state index contributed by atoms with van der Waals surface area (Å²) in [6.45, 7) is 42.6. The van der Waals surface area contributed by atoms with Gasteiger partial charge in [0.2, 0.25) is 0 Å². The summed E-state index contributed by atoms with van der Waals surface area (Å²) in [5.41, 5.74) is 0. The second-order valence-electron chi connectivity index (χ2n) is 13.2. The molecule has 0 aromatic heterocycles. The van der Waals surface area contributed by atoms with Gasteiger partial charge in [-0.25, -0.2) is 0 Å². The van der Waals surface area contributed by atoms with Crippen molar-refractivity contribution in [3.8, 4) is 0 Å². The van der Waals surface area contributed by atoms with E-state index in [9.17, 15) is 0 Å². The molecule has 0 saturated heterocycles. The molecule has 4 unspecified atom stereocenters. The Bertz CT molecular complexity index is 336. The molecule has 0 amide bonds. The van der Waals surface area contributed by atoms with Gasteiger partial charge in [-0.2, -0.15) is 0 Å². The number of rotatable bonds is 3. The molecule has 5 heteroatoms. The van der Waals surface area contributed by atoms with Crippen molar-refractivity contribution in [1.29, 1.82) is 0 Å². The van der Waals surface area contributed by atoms with E-state index in [1.54, 1.807) is 0 Å². The van der Waals surface area contributed by atoms with Gasteiger partial charge >= 0.3 is 0 Å². The van der Waals surface area contributed by atoms with E-state index in [4.69, 9.17) is 0 Å². The van der Waals surface area contributed by atoms with Gasteiger partial charge in [0, 0.05) is 23.9 Å². The van der Waals surface area contributed by atoms with Crippen LogP contribution in [0.2, 0.25) is 0 Å². The average molecular weight is 589 g/mol. The van der Waals surface area contributed by atoms with Crippen molar-refractivity contribution in [2.75, 3.05) is 0 Å². The zero-order chi connectivity index (χ0) is 23.7. The van der Waals surface area contributed by atoms with Crippen LogP contribution in [0.3, 0.4) is 0 Å². The van der Waals surface area contributed by atoms with Gasteiger partial charge in [-0.3, -0.25) is 0 Å². The molecule has 0 saturated carbocycles. The van der Waals surface area contributed by atoms with Crippen molar-refractivity contribution in [3.05, 3.63) is 0 Å². The molecular formula is C24H58P4Sn. The van der Waals surface area contributed by atoms with E-state index in [1.807, 2.05) is 0 Å². The minimum Gasteiger partial charge on any atom is -0.0851 e. The first-order chi connectivity index (χ1) is 11.9. The molecule has 0 aromatic rings. The summed E-state index contributed by atoms with van der Waals surface area (Å²) < 4.78 is 0. The first-order valence-corrected chi connectivity index (χ1v) is 18.1. The van der Waals surface area contributed by atoms with Crippen molar-refractivity contribution in [1.82, 2.24) is 0 Å². The van der Waals surface area contributed by atoms with Crippen molar-refractivity contribution in [3.63, 3.8) is 0 Å². The third-order valence-electron chi connectivity index (χ3n) is 2.35. The minimum absolute atomic E-state index is 0. The molecule has 0 fully saturated rings. The van der Waals surface area contributed by atoms with Crippen LogP contribution in [0.1, 0.15) is 125 Å². The van der Waals surface area contributed by atoms with Crippen LogP contribution in [0.4, 0.5) is 0 Å². The van der Waals surface area contributed by atoms with Crippen LogP contribution in [-0.4, -0.2) is 44.5 Å². The molecule has 0 rings (SSSR count). The molecule has 0 spiro atoms. The van der Waals surface area contributed by atoms with Crippen molar-refractivity contribution in [2.24, 2.45) is 11.8 Å². The maximum atomic E-state index is 2.49.